The van der Waals surface area contributed by atoms with E-state index < -0.39 is 11.9 Å². The van der Waals surface area contributed by atoms with Crippen LogP contribution in [0.5, 0.6) is 0 Å². The smallest absolute Gasteiger partial charge is 0.373 e. The molecule has 1 atom stereocenters. The summed E-state index contributed by atoms with van der Waals surface area (Å²) in [5, 5.41) is 0. The van der Waals surface area contributed by atoms with Gasteiger partial charge in [-0.15, -0.1) is 0 Å². The maximum Gasteiger partial charge on any atom is 0.373 e. The van der Waals surface area contributed by atoms with E-state index >= 15 is 0 Å². The van der Waals surface area contributed by atoms with Crippen molar-refractivity contribution in [2.75, 3.05) is 13.2 Å². The molecule has 0 saturated heterocycles. The Balaban J connectivity index is 2.28. The van der Waals surface area contributed by atoms with E-state index in [0.29, 0.717) is 12.2 Å². The molecule has 2 rings (SSSR count). The topological polar surface area (TPSA) is 61.8 Å². The SMILES string of the molecule is CCOC(=O)/C=C1/C[C@H](c2ccccc2)C=C(C(=O)OCC)O1. The van der Waals surface area contributed by atoms with Gasteiger partial charge in [-0.25, -0.2) is 9.59 Å². The van der Waals surface area contributed by atoms with Crippen molar-refractivity contribution in [2.45, 2.75) is 26.2 Å². The molecule has 0 fully saturated rings. The van der Waals surface area contributed by atoms with Crippen LogP contribution in [0.1, 0.15) is 31.7 Å². The molecule has 0 saturated carbocycles. The van der Waals surface area contributed by atoms with Crippen molar-refractivity contribution < 1.29 is 23.8 Å². The maximum atomic E-state index is 12.0. The van der Waals surface area contributed by atoms with Crippen LogP contribution < -0.4 is 0 Å². The molecule has 122 valence electrons. The monoisotopic (exact) mass is 316 g/mol. The Morgan fingerprint density at radius 3 is 2.52 bits per heavy atom. The largest absolute Gasteiger partial charge is 0.463 e. The lowest BCUT2D eigenvalue weighted by Crippen LogP contribution is -2.17. The molecule has 0 unspecified atom stereocenters. The average molecular weight is 316 g/mol. The zero-order valence-corrected chi connectivity index (χ0v) is 13.3. The van der Waals surface area contributed by atoms with Gasteiger partial charge in [-0.1, -0.05) is 30.3 Å². The number of esters is 2. The molecule has 0 radical (unpaired) electrons. The van der Waals surface area contributed by atoms with Crippen LogP contribution in [-0.4, -0.2) is 25.2 Å². The molecule has 0 N–H and O–H groups in total. The first kappa shape index (κ1) is 16.8. The van der Waals surface area contributed by atoms with Crippen molar-refractivity contribution in [3.8, 4) is 0 Å². The van der Waals surface area contributed by atoms with E-state index in [1.165, 1.54) is 6.08 Å². The molecule has 23 heavy (non-hydrogen) atoms. The van der Waals surface area contributed by atoms with E-state index in [4.69, 9.17) is 14.2 Å². The standard InChI is InChI=1S/C18H20O5/c1-3-21-17(19)12-15-10-14(13-8-6-5-7-9-13)11-16(23-15)18(20)22-4-2/h5-9,11-12,14H,3-4,10H2,1-2H3/b15-12-/t14-/m0/s1. The number of benzene rings is 1. The van der Waals surface area contributed by atoms with E-state index in [-0.39, 0.29) is 24.9 Å². The fourth-order valence-electron chi connectivity index (χ4n) is 2.31. The number of allylic oxidation sites excluding steroid dienone is 2. The fraction of sp³-hybridized carbons (Fsp3) is 0.333. The molecule has 1 aliphatic rings. The molecule has 1 aliphatic heterocycles. The van der Waals surface area contributed by atoms with Crippen molar-refractivity contribution in [3.05, 3.63) is 59.6 Å². The molecular weight excluding hydrogens is 296 g/mol. The predicted molar refractivity (Wildman–Crippen MR) is 84.3 cm³/mol. The van der Waals surface area contributed by atoms with Crippen LogP contribution in [0.4, 0.5) is 0 Å². The van der Waals surface area contributed by atoms with Crippen molar-refractivity contribution in [2.24, 2.45) is 0 Å². The van der Waals surface area contributed by atoms with Crippen molar-refractivity contribution >= 4 is 11.9 Å². The first-order valence-corrected chi connectivity index (χ1v) is 7.63. The van der Waals surface area contributed by atoms with Gasteiger partial charge in [0.2, 0.25) is 5.76 Å². The average Bonchev–Trinajstić information content (AvgIpc) is 2.56. The highest BCUT2D eigenvalue weighted by Gasteiger charge is 2.26. The van der Waals surface area contributed by atoms with Crippen LogP contribution >= 0.6 is 0 Å². The molecule has 0 aromatic heterocycles. The molecular formula is C18H20O5. The van der Waals surface area contributed by atoms with Crippen LogP contribution in [0, 0.1) is 0 Å². The second kappa shape index (κ2) is 8.17. The van der Waals surface area contributed by atoms with E-state index in [0.717, 1.165) is 5.56 Å². The van der Waals surface area contributed by atoms with Gasteiger partial charge in [-0.2, -0.15) is 0 Å². The third-order valence-corrected chi connectivity index (χ3v) is 3.28. The maximum absolute atomic E-state index is 12.0. The van der Waals surface area contributed by atoms with Crippen LogP contribution in [0.15, 0.2) is 54.0 Å². The second-order valence-electron chi connectivity index (χ2n) is 4.94. The Kier molecular flexibility index (Phi) is 5.97. The highest BCUT2D eigenvalue weighted by atomic mass is 16.6. The van der Waals surface area contributed by atoms with Crippen LogP contribution in [0.2, 0.25) is 0 Å². The lowest BCUT2D eigenvalue weighted by molar-refractivity contribution is -0.142. The van der Waals surface area contributed by atoms with Crippen LogP contribution in [0.3, 0.4) is 0 Å². The van der Waals surface area contributed by atoms with Crippen LogP contribution in [0.25, 0.3) is 0 Å². The Hall–Kier alpha value is -2.56. The Bertz CT molecular complexity index is 616. The van der Waals surface area contributed by atoms with E-state index in [2.05, 4.69) is 0 Å². The molecule has 0 spiro atoms. The second-order valence-corrected chi connectivity index (χ2v) is 4.94. The summed E-state index contributed by atoms with van der Waals surface area (Å²) in [7, 11) is 0. The number of hydrogen-bond acceptors (Lipinski definition) is 5. The third kappa shape index (κ3) is 4.71. The number of rotatable bonds is 5. The molecule has 0 amide bonds. The van der Waals surface area contributed by atoms with Gasteiger partial charge < -0.3 is 14.2 Å². The lowest BCUT2D eigenvalue weighted by Gasteiger charge is -2.23. The van der Waals surface area contributed by atoms with Crippen molar-refractivity contribution in [1.82, 2.24) is 0 Å². The predicted octanol–water partition coefficient (Wildman–Crippen LogP) is 3.08. The molecule has 0 bridgehead atoms. The van der Waals surface area contributed by atoms with Gasteiger partial charge in [0.05, 0.1) is 19.3 Å². The minimum Gasteiger partial charge on any atom is -0.463 e. The summed E-state index contributed by atoms with van der Waals surface area (Å²) in [4.78, 5) is 23.6. The molecule has 1 aromatic rings. The Morgan fingerprint density at radius 2 is 1.87 bits per heavy atom. The van der Waals surface area contributed by atoms with Gasteiger partial charge in [-0.05, 0) is 25.5 Å². The summed E-state index contributed by atoms with van der Waals surface area (Å²) in [6.07, 6.45) is 3.49. The first-order valence-electron chi connectivity index (χ1n) is 7.63. The fourth-order valence-corrected chi connectivity index (χ4v) is 2.31. The quantitative estimate of drug-likeness (QED) is 0.617. The summed E-state index contributed by atoms with van der Waals surface area (Å²) in [6.45, 7) is 4.00. The summed E-state index contributed by atoms with van der Waals surface area (Å²) in [5.41, 5.74) is 1.03. The molecule has 0 aliphatic carbocycles. The first-order chi connectivity index (χ1) is 11.1. The number of hydrogen-bond donors (Lipinski definition) is 0. The van der Waals surface area contributed by atoms with Gasteiger partial charge in [0.25, 0.3) is 0 Å². The summed E-state index contributed by atoms with van der Waals surface area (Å²) in [6, 6.07) is 9.72. The molecule has 1 aromatic carbocycles. The third-order valence-electron chi connectivity index (χ3n) is 3.28. The summed E-state index contributed by atoms with van der Waals surface area (Å²) >= 11 is 0. The van der Waals surface area contributed by atoms with Crippen LogP contribution in [-0.2, 0) is 23.8 Å². The Morgan fingerprint density at radius 1 is 1.17 bits per heavy atom. The highest BCUT2D eigenvalue weighted by Crippen LogP contribution is 2.33. The van der Waals surface area contributed by atoms with Gasteiger partial charge >= 0.3 is 11.9 Å². The van der Waals surface area contributed by atoms with Gasteiger partial charge in [0.1, 0.15) is 5.76 Å². The summed E-state index contributed by atoms with van der Waals surface area (Å²) in [5.74, 6) is -0.599. The van der Waals surface area contributed by atoms with E-state index in [1.54, 1.807) is 19.9 Å². The number of carbonyl (C=O) groups excluding carboxylic acids is 2. The normalized spacial score (nSPS) is 18.8. The zero-order valence-electron chi connectivity index (χ0n) is 13.3. The van der Waals surface area contributed by atoms with E-state index in [9.17, 15) is 9.59 Å². The number of ether oxygens (including phenoxy) is 3. The highest BCUT2D eigenvalue weighted by molar-refractivity contribution is 5.87. The molecule has 5 nitrogen and oxygen atoms in total. The summed E-state index contributed by atoms with van der Waals surface area (Å²) < 4.78 is 15.4. The van der Waals surface area contributed by atoms with E-state index in [1.807, 2.05) is 30.3 Å². The van der Waals surface area contributed by atoms with Crippen molar-refractivity contribution in [3.63, 3.8) is 0 Å². The van der Waals surface area contributed by atoms with Gasteiger partial charge in [0.15, 0.2) is 0 Å². The Labute approximate surface area is 135 Å². The minimum atomic E-state index is -0.539. The van der Waals surface area contributed by atoms with Crippen molar-refractivity contribution in [1.29, 1.82) is 0 Å². The minimum absolute atomic E-state index is 0.0648. The lowest BCUT2D eigenvalue weighted by atomic mass is 9.92. The van der Waals surface area contributed by atoms with Gasteiger partial charge in [-0.3, -0.25) is 0 Å². The number of carbonyl (C=O) groups is 2. The zero-order chi connectivity index (χ0) is 16.7. The molecule has 1 heterocycles. The van der Waals surface area contributed by atoms with Gasteiger partial charge in [0, 0.05) is 12.3 Å². The molecule has 5 heteroatoms.